The molecule has 5 nitrogen and oxygen atoms in total. The van der Waals surface area contributed by atoms with Gasteiger partial charge in [-0.05, 0) is 36.2 Å². The summed E-state index contributed by atoms with van der Waals surface area (Å²) >= 11 is 2.78. The minimum absolute atomic E-state index is 0.257. The molecule has 3 aromatic rings. The van der Waals surface area contributed by atoms with Gasteiger partial charge in [0.25, 0.3) is 5.91 Å². The average molecular weight is 404 g/mol. The number of nitrogens with zero attached hydrogens (tertiary/aromatic N) is 2. The number of amides is 1. The van der Waals surface area contributed by atoms with E-state index in [0.717, 1.165) is 16.3 Å². The van der Waals surface area contributed by atoms with Gasteiger partial charge in [-0.3, -0.25) is 10.1 Å². The van der Waals surface area contributed by atoms with E-state index in [2.05, 4.69) is 15.5 Å². The van der Waals surface area contributed by atoms with Gasteiger partial charge in [0.05, 0.1) is 12.2 Å². The van der Waals surface area contributed by atoms with Crippen molar-refractivity contribution in [3.05, 3.63) is 65.5 Å². The van der Waals surface area contributed by atoms with E-state index in [-0.39, 0.29) is 11.7 Å². The lowest BCUT2D eigenvalue weighted by atomic mass is 10.2. The van der Waals surface area contributed by atoms with E-state index in [1.807, 2.05) is 13.0 Å². The first-order valence-electron chi connectivity index (χ1n) is 8.39. The number of rotatable bonds is 8. The lowest BCUT2D eigenvalue weighted by molar-refractivity contribution is 0.102. The molecule has 0 saturated carbocycles. The maximum atomic E-state index is 12.9. The molecule has 1 amide bonds. The molecule has 1 N–H and O–H groups in total. The van der Waals surface area contributed by atoms with Crippen LogP contribution in [-0.4, -0.2) is 22.7 Å². The summed E-state index contributed by atoms with van der Waals surface area (Å²) in [6.45, 7) is 2.56. The first-order chi connectivity index (χ1) is 13.2. The molecule has 0 bridgehead atoms. The van der Waals surface area contributed by atoms with Crippen LogP contribution in [0.25, 0.3) is 0 Å². The van der Waals surface area contributed by atoms with Crippen molar-refractivity contribution in [2.24, 2.45) is 0 Å². The van der Waals surface area contributed by atoms with Crippen LogP contribution in [0, 0.1) is 5.82 Å². The summed E-state index contributed by atoms with van der Waals surface area (Å²) in [5.74, 6) is 0.657. The van der Waals surface area contributed by atoms with Crippen molar-refractivity contribution >= 4 is 34.1 Å². The van der Waals surface area contributed by atoms with E-state index in [1.54, 1.807) is 30.3 Å². The summed E-state index contributed by atoms with van der Waals surface area (Å²) < 4.78 is 19.3. The monoisotopic (exact) mass is 403 g/mol. The fourth-order valence-electron chi connectivity index (χ4n) is 2.20. The number of ether oxygens (including phenoxy) is 1. The Kier molecular flexibility index (Phi) is 6.78. The van der Waals surface area contributed by atoms with Crippen LogP contribution in [0.2, 0.25) is 0 Å². The van der Waals surface area contributed by atoms with Gasteiger partial charge in [0.1, 0.15) is 11.6 Å². The molecule has 0 aliphatic heterocycles. The second-order valence-corrected chi connectivity index (χ2v) is 7.79. The molecule has 0 fully saturated rings. The minimum atomic E-state index is -0.284. The maximum absolute atomic E-state index is 12.9. The molecule has 8 heteroatoms. The molecular formula is C19H18FN3O2S2. The third kappa shape index (κ3) is 5.51. The van der Waals surface area contributed by atoms with Gasteiger partial charge >= 0.3 is 0 Å². The first-order valence-corrected chi connectivity index (χ1v) is 10.2. The third-order valence-electron chi connectivity index (χ3n) is 3.50. The fraction of sp³-hybridized carbons (Fsp3) is 0.211. The third-order valence-corrected chi connectivity index (χ3v) is 5.54. The summed E-state index contributed by atoms with van der Waals surface area (Å²) in [7, 11) is 0. The zero-order chi connectivity index (χ0) is 19.1. The Morgan fingerprint density at radius 3 is 2.74 bits per heavy atom. The number of hydrogen-bond donors (Lipinski definition) is 1. The topological polar surface area (TPSA) is 64.1 Å². The summed E-state index contributed by atoms with van der Waals surface area (Å²) in [4.78, 5) is 12.5. The van der Waals surface area contributed by atoms with Crippen LogP contribution in [0.15, 0.2) is 52.9 Å². The van der Waals surface area contributed by atoms with Crippen LogP contribution in [0.1, 0.15) is 29.3 Å². The molecule has 0 aliphatic carbocycles. The molecule has 0 unspecified atom stereocenters. The van der Waals surface area contributed by atoms with Crippen LogP contribution < -0.4 is 10.1 Å². The number of para-hydroxylation sites is 1. The maximum Gasteiger partial charge on any atom is 0.261 e. The molecule has 0 radical (unpaired) electrons. The Labute approximate surface area is 165 Å². The van der Waals surface area contributed by atoms with E-state index in [1.165, 1.54) is 35.2 Å². The quantitative estimate of drug-likeness (QED) is 0.423. The number of aromatic nitrogens is 2. The van der Waals surface area contributed by atoms with E-state index in [9.17, 15) is 9.18 Å². The number of nitrogens with one attached hydrogen (secondary N) is 1. The van der Waals surface area contributed by atoms with Gasteiger partial charge in [0, 0.05) is 5.75 Å². The Balaban J connectivity index is 1.60. The number of halogens is 1. The largest absolute Gasteiger partial charge is 0.493 e. The van der Waals surface area contributed by atoms with Crippen LogP contribution in [-0.2, 0) is 5.75 Å². The van der Waals surface area contributed by atoms with Crippen LogP contribution >= 0.6 is 23.1 Å². The molecule has 0 saturated heterocycles. The van der Waals surface area contributed by atoms with Crippen LogP contribution in [0.3, 0.4) is 0 Å². The van der Waals surface area contributed by atoms with Gasteiger partial charge in [-0.15, -0.1) is 10.2 Å². The van der Waals surface area contributed by atoms with Gasteiger partial charge in [-0.2, -0.15) is 0 Å². The lowest BCUT2D eigenvalue weighted by Gasteiger charge is -2.09. The molecule has 2 aromatic carbocycles. The first kappa shape index (κ1) is 19.3. The molecular weight excluding hydrogens is 385 g/mol. The normalized spacial score (nSPS) is 10.6. The Morgan fingerprint density at radius 2 is 1.96 bits per heavy atom. The van der Waals surface area contributed by atoms with E-state index in [0.29, 0.717) is 28.8 Å². The number of thioether (sulfide) groups is 1. The summed E-state index contributed by atoms with van der Waals surface area (Å²) in [5, 5.41) is 11.3. The van der Waals surface area contributed by atoms with Crippen molar-refractivity contribution in [2.75, 3.05) is 11.9 Å². The van der Waals surface area contributed by atoms with E-state index in [4.69, 9.17) is 4.74 Å². The number of carbonyl (C=O) groups is 1. The molecule has 3 rings (SSSR count). The molecule has 1 aromatic heterocycles. The second-order valence-electron chi connectivity index (χ2n) is 5.59. The van der Waals surface area contributed by atoms with Crippen molar-refractivity contribution in [3.8, 4) is 5.75 Å². The van der Waals surface area contributed by atoms with Crippen LogP contribution in [0.4, 0.5) is 9.52 Å². The highest BCUT2D eigenvalue weighted by atomic mass is 32.2. The van der Waals surface area contributed by atoms with E-state index < -0.39 is 0 Å². The molecule has 0 atom stereocenters. The van der Waals surface area contributed by atoms with Crippen molar-refractivity contribution in [2.45, 2.75) is 23.4 Å². The summed E-state index contributed by atoms with van der Waals surface area (Å²) in [6, 6.07) is 13.4. The highest BCUT2D eigenvalue weighted by molar-refractivity contribution is 8.00. The number of carbonyl (C=O) groups excluding carboxylic acids is 1. The van der Waals surface area contributed by atoms with Gasteiger partial charge in [0.15, 0.2) is 4.34 Å². The standard InChI is InChI=1S/C19H18FN3O2S2/c1-2-11-25-16-6-4-3-5-15(16)17(24)21-18-22-23-19(27-18)26-12-13-7-9-14(20)10-8-13/h3-10H,2,11-12H2,1H3,(H,21,22,24). The highest BCUT2D eigenvalue weighted by Crippen LogP contribution is 2.29. The minimum Gasteiger partial charge on any atom is -0.493 e. The number of benzene rings is 2. The van der Waals surface area contributed by atoms with Crippen molar-refractivity contribution < 1.29 is 13.9 Å². The average Bonchev–Trinajstić information content (AvgIpc) is 3.13. The summed E-state index contributed by atoms with van der Waals surface area (Å²) in [5.41, 5.74) is 1.45. The smallest absolute Gasteiger partial charge is 0.261 e. The van der Waals surface area contributed by atoms with Crippen molar-refractivity contribution in [1.29, 1.82) is 0 Å². The Bertz CT molecular complexity index is 900. The van der Waals surface area contributed by atoms with Crippen molar-refractivity contribution in [3.63, 3.8) is 0 Å². The predicted octanol–water partition coefficient (Wildman–Crippen LogP) is 5.01. The predicted molar refractivity (Wildman–Crippen MR) is 106 cm³/mol. The molecule has 140 valence electrons. The zero-order valence-electron chi connectivity index (χ0n) is 14.6. The number of anilines is 1. The van der Waals surface area contributed by atoms with Crippen molar-refractivity contribution in [1.82, 2.24) is 10.2 Å². The fourth-order valence-corrected chi connectivity index (χ4v) is 3.90. The van der Waals surface area contributed by atoms with Gasteiger partial charge < -0.3 is 4.74 Å². The highest BCUT2D eigenvalue weighted by Gasteiger charge is 2.15. The Hall–Kier alpha value is -2.45. The van der Waals surface area contributed by atoms with Gasteiger partial charge in [0.2, 0.25) is 5.13 Å². The molecule has 0 spiro atoms. The summed E-state index contributed by atoms with van der Waals surface area (Å²) in [6.07, 6.45) is 0.862. The number of hydrogen-bond acceptors (Lipinski definition) is 6. The molecule has 0 aliphatic rings. The Morgan fingerprint density at radius 1 is 1.19 bits per heavy atom. The SMILES string of the molecule is CCCOc1ccccc1C(=O)Nc1nnc(SCc2ccc(F)cc2)s1. The van der Waals surface area contributed by atoms with E-state index >= 15 is 0 Å². The van der Waals surface area contributed by atoms with Crippen LogP contribution in [0.5, 0.6) is 5.75 Å². The van der Waals surface area contributed by atoms with Gasteiger partial charge in [-0.25, -0.2) is 4.39 Å². The second kappa shape index (κ2) is 9.48. The molecule has 1 heterocycles. The van der Waals surface area contributed by atoms with Gasteiger partial charge in [-0.1, -0.05) is 54.3 Å². The zero-order valence-corrected chi connectivity index (χ0v) is 16.3. The lowest BCUT2D eigenvalue weighted by Crippen LogP contribution is -2.13. The molecule has 27 heavy (non-hydrogen) atoms.